The minimum absolute atomic E-state index is 0.143. The summed E-state index contributed by atoms with van der Waals surface area (Å²) in [5.41, 5.74) is 0. The Morgan fingerprint density at radius 1 is 0.705 bits per heavy atom. The van der Waals surface area contributed by atoms with Gasteiger partial charge in [-0.1, -0.05) is 134 Å². The molecule has 44 heavy (non-hydrogen) atoms. The van der Waals surface area contributed by atoms with Gasteiger partial charge >= 0.3 is 19.8 Å². The Morgan fingerprint density at radius 3 is 1.86 bits per heavy atom. The standard InChI is InChI=1S/C34H61O9P/c1-3-5-7-9-11-12-13-15-19-23-27-33(36)41-29-32(30-42-44(38,39)40)43-34(37)28-24-20-16-18-22-26-31(35)25-21-17-14-10-8-6-4-2/h6,8,14,17,21,25,31-32,35H,3-5,7,9-13,15-16,18-20,22-24,26-30H2,1-2H3,(H2,38,39,40)/b8-6+,17-14+,25-21+/t31?,32-/m1/s1. The molecule has 9 nitrogen and oxygen atoms in total. The highest BCUT2D eigenvalue weighted by molar-refractivity contribution is 7.46. The SMILES string of the molecule is CC/C=C/C/C=C/C=C/C(O)CCCCCCCC(=O)O[C@H](COC(=O)CCCCCCCCCCCC)COP(=O)(O)O. The van der Waals surface area contributed by atoms with E-state index in [0.29, 0.717) is 19.3 Å². The van der Waals surface area contributed by atoms with Crippen LogP contribution in [0.2, 0.25) is 0 Å². The van der Waals surface area contributed by atoms with Gasteiger partial charge in [-0.25, -0.2) is 4.57 Å². The van der Waals surface area contributed by atoms with Crippen molar-refractivity contribution in [3.8, 4) is 0 Å². The Bertz CT molecular complexity index is 835. The fourth-order valence-electron chi connectivity index (χ4n) is 4.50. The molecule has 256 valence electrons. The van der Waals surface area contributed by atoms with Gasteiger partial charge in [-0.2, -0.15) is 0 Å². The number of esters is 2. The molecule has 0 heterocycles. The molecule has 0 saturated heterocycles. The lowest BCUT2D eigenvalue weighted by atomic mass is 10.1. The van der Waals surface area contributed by atoms with E-state index in [1.807, 2.05) is 18.2 Å². The number of allylic oxidation sites excluding steroid dienone is 5. The summed E-state index contributed by atoms with van der Waals surface area (Å²) in [7, 11) is -4.77. The number of carbonyl (C=O) groups is 2. The largest absolute Gasteiger partial charge is 0.469 e. The van der Waals surface area contributed by atoms with Crippen molar-refractivity contribution in [2.45, 2.75) is 154 Å². The number of phosphoric ester groups is 1. The van der Waals surface area contributed by atoms with Crippen molar-refractivity contribution in [3.05, 3.63) is 36.5 Å². The minimum Gasteiger partial charge on any atom is -0.462 e. The third-order valence-corrected chi connectivity index (χ3v) is 7.51. The fourth-order valence-corrected chi connectivity index (χ4v) is 4.86. The lowest BCUT2D eigenvalue weighted by molar-refractivity contribution is -0.161. The Hall–Kier alpha value is -1.77. The van der Waals surface area contributed by atoms with Crippen molar-refractivity contribution in [2.75, 3.05) is 13.2 Å². The molecule has 0 rings (SSSR count). The fraction of sp³-hybridized carbons (Fsp3) is 0.765. The van der Waals surface area contributed by atoms with Crippen molar-refractivity contribution >= 4 is 19.8 Å². The molecule has 0 aromatic heterocycles. The van der Waals surface area contributed by atoms with Gasteiger partial charge in [0.1, 0.15) is 6.61 Å². The van der Waals surface area contributed by atoms with Crippen LogP contribution in [0.4, 0.5) is 0 Å². The number of aliphatic hydroxyl groups excluding tert-OH is 1. The van der Waals surface area contributed by atoms with Crippen molar-refractivity contribution in [3.63, 3.8) is 0 Å². The molecular weight excluding hydrogens is 583 g/mol. The first kappa shape index (κ1) is 42.2. The molecule has 1 unspecified atom stereocenters. The molecule has 0 aromatic carbocycles. The summed E-state index contributed by atoms with van der Waals surface area (Å²) in [4.78, 5) is 42.5. The Balaban J connectivity index is 4.12. The topological polar surface area (TPSA) is 140 Å². The molecule has 0 aromatic rings. The first-order valence-corrected chi connectivity index (χ1v) is 18.4. The molecule has 3 N–H and O–H groups in total. The lowest BCUT2D eigenvalue weighted by Gasteiger charge is -2.18. The second-order valence-corrected chi connectivity index (χ2v) is 12.6. The van der Waals surface area contributed by atoms with Gasteiger partial charge in [-0.3, -0.25) is 14.1 Å². The molecule has 0 saturated carbocycles. The van der Waals surface area contributed by atoms with Gasteiger partial charge in [0.2, 0.25) is 0 Å². The van der Waals surface area contributed by atoms with Crippen molar-refractivity contribution < 1.29 is 43.0 Å². The molecular formula is C34H61O9P. The van der Waals surface area contributed by atoms with Crippen LogP contribution in [0.3, 0.4) is 0 Å². The van der Waals surface area contributed by atoms with E-state index < -0.39 is 38.6 Å². The van der Waals surface area contributed by atoms with Gasteiger partial charge in [0.05, 0.1) is 12.7 Å². The molecule has 0 aliphatic rings. The van der Waals surface area contributed by atoms with Crippen molar-refractivity contribution in [2.24, 2.45) is 0 Å². The van der Waals surface area contributed by atoms with Crippen LogP contribution >= 0.6 is 7.82 Å². The first-order valence-electron chi connectivity index (χ1n) is 16.9. The second-order valence-electron chi connectivity index (χ2n) is 11.3. The molecule has 0 fully saturated rings. The highest BCUT2D eigenvalue weighted by Crippen LogP contribution is 2.35. The van der Waals surface area contributed by atoms with Crippen LogP contribution in [0, 0.1) is 0 Å². The maximum atomic E-state index is 12.3. The van der Waals surface area contributed by atoms with Gasteiger partial charge in [0.25, 0.3) is 0 Å². The van der Waals surface area contributed by atoms with Gasteiger partial charge < -0.3 is 24.4 Å². The Kier molecular flexibility index (Phi) is 28.7. The third kappa shape index (κ3) is 31.6. The number of unbranched alkanes of at least 4 members (excludes halogenated alkanes) is 13. The van der Waals surface area contributed by atoms with E-state index in [1.54, 1.807) is 6.08 Å². The summed E-state index contributed by atoms with van der Waals surface area (Å²) < 4.78 is 26.1. The molecule has 0 bridgehead atoms. The predicted octanol–water partition coefficient (Wildman–Crippen LogP) is 8.42. The van der Waals surface area contributed by atoms with Crippen LogP contribution in [-0.4, -0.2) is 52.3 Å². The highest BCUT2D eigenvalue weighted by Gasteiger charge is 2.22. The summed E-state index contributed by atoms with van der Waals surface area (Å²) in [5.74, 6) is -0.965. The van der Waals surface area contributed by atoms with E-state index in [4.69, 9.17) is 19.3 Å². The summed E-state index contributed by atoms with van der Waals surface area (Å²) in [6.07, 6.45) is 28.9. The van der Waals surface area contributed by atoms with Crippen molar-refractivity contribution in [1.29, 1.82) is 0 Å². The average molecular weight is 645 g/mol. The Labute approximate surface area is 266 Å². The minimum atomic E-state index is -4.77. The van der Waals surface area contributed by atoms with E-state index >= 15 is 0 Å². The van der Waals surface area contributed by atoms with Gasteiger partial charge in [0, 0.05) is 12.8 Å². The van der Waals surface area contributed by atoms with E-state index in [1.165, 1.54) is 38.5 Å². The monoisotopic (exact) mass is 644 g/mol. The Morgan fingerprint density at radius 2 is 1.27 bits per heavy atom. The zero-order valence-electron chi connectivity index (χ0n) is 27.4. The summed E-state index contributed by atoms with van der Waals surface area (Å²) in [6, 6.07) is 0. The second kappa shape index (κ2) is 29.9. The van der Waals surface area contributed by atoms with Crippen LogP contribution in [0.1, 0.15) is 142 Å². The summed E-state index contributed by atoms with van der Waals surface area (Å²) in [5, 5.41) is 10.0. The molecule has 0 radical (unpaired) electrons. The van der Waals surface area contributed by atoms with Gasteiger partial charge in [-0.05, 0) is 32.1 Å². The smallest absolute Gasteiger partial charge is 0.462 e. The van der Waals surface area contributed by atoms with E-state index in [0.717, 1.165) is 57.8 Å². The van der Waals surface area contributed by atoms with Crippen LogP contribution in [-0.2, 0) is 28.2 Å². The number of phosphoric acid groups is 1. The molecule has 2 atom stereocenters. The van der Waals surface area contributed by atoms with Crippen LogP contribution < -0.4 is 0 Å². The van der Waals surface area contributed by atoms with Crippen LogP contribution in [0.5, 0.6) is 0 Å². The summed E-state index contributed by atoms with van der Waals surface area (Å²) >= 11 is 0. The van der Waals surface area contributed by atoms with Gasteiger partial charge in [0.15, 0.2) is 6.10 Å². The van der Waals surface area contributed by atoms with Gasteiger partial charge in [-0.15, -0.1) is 0 Å². The zero-order chi connectivity index (χ0) is 32.7. The number of hydrogen-bond donors (Lipinski definition) is 3. The normalized spacial score (nSPS) is 13.7. The zero-order valence-corrected chi connectivity index (χ0v) is 28.3. The average Bonchev–Trinajstić information content (AvgIpc) is 2.98. The summed E-state index contributed by atoms with van der Waals surface area (Å²) in [6.45, 7) is 3.43. The molecule has 0 aliphatic carbocycles. The predicted molar refractivity (Wildman–Crippen MR) is 176 cm³/mol. The van der Waals surface area contributed by atoms with E-state index in [2.05, 4.69) is 30.5 Å². The van der Waals surface area contributed by atoms with E-state index in [9.17, 15) is 19.3 Å². The van der Waals surface area contributed by atoms with Crippen LogP contribution in [0.25, 0.3) is 0 Å². The number of carbonyl (C=O) groups excluding carboxylic acids is 2. The molecule has 10 heteroatoms. The number of aliphatic hydroxyl groups is 1. The first-order chi connectivity index (χ1) is 21.2. The lowest BCUT2D eigenvalue weighted by Crippen LogP contribution is -2.29. The van der Waals surface area contributed by atoms with Crippen LogP contribution in [0.15, 0.2) is 36.5 Å². The quantitative estimate of drug-likeness (QED) is 0.0231. The number of rotatable bonds is 30. The molecule has 0 aliphatic heterocycles. The van der Waals surface area contributed by atoms with E-state index in [-0.39, 0.29) is 19.4 Å². The maximum Gasteiger partial charge on any atom is 0.469 e. The maximum absolute atomic E-state index is 12.3. The molecule has 0 spiro atoms. The molecule has 0 amide bonds. The highest BCUT2D eigenvalue weighted by atomic mass is 31.2. The number of ether oxygens (including phenoxy) is 2. The van der Waals surface area contributed by atoms with Crippen molar-refractivity contribution in [1.82, 2.24) is 0 Å². The number of hydrogen-bond acceptors (Lipinski definition) is 7. The third-order valence-electron chi connectivity index (χ3n) is 7.03.